The van der Waals surface area contributed by atoms with Gasteiger partial charge in [-0.2, -0.15) is 0 Å². The van der Waals surface area contributed by atoms with Crippen molar-refractivity contribution >= 4 is 17.8 Å². The second-order valence-electron chi connectivity index (χ2n) is 5.09. The minimum atomic E-state index is -0.935. The third-order valence-corrected chi connectivity index (χ3v) is 3.46. The second kappa shape index (κ2) is 5.37. The van der Waals surface area contributed by atoms with Crippen LogP contribution < -0.4 is 5.32 Å². The highest BCUT2D eigenvalue weighted by atomic mass is 16.5. The smallest absolute Gasteiger partial charge is 0.307 e. The number of esters is 1. The maximum atomic E-state index is 11.8. The summed E-state index contributed by atoms with van der Waals surface area (Å²) in [5, 5.41) is 11.6. The third kappa shape index (κ3) is 3.00. The zero-order chi connectivity index (χ0) is 13.9. The van der Waals surface area contributed by atoms with E-state index in [0.717, 1.165) is 0 Å². The van der Waals surface area contributed by atoms with E-state index in [2.05, 4.69) is 10.1 Å². The first-order valence-corrected chi connectivity index (χ1v) is 5.89. The van der Waals surface area contributed by atoms with Gasteiger partial charge in [0.15, 0.2) is 0 Å². The van der Waals surface area contributed by atoms with Crippen molar-refractivity contribution in [2.24, 2.45) is 17.3 Å². The van der Waals surface area contributed by atoms with E-state index in [1.54, 1.807) is 13.8 Å². The number of carboxylic acid groups (broad SMARTS) is 1. The van der Waals surface area contributed by atoms with Gasteiger partial charge in [-0.15, -0.1) is 0 Å². The van der Waals surface area contributed by atoms with Crippen molar-refractivity contribution in [2.45, 2.75) is 26.7 Å². The molecule has 0 aliphatic heterocycles. The summed E-state index contributed by atoms with van der Waals surface area (Å²) in [5.74, 6) is -2.60. The molecule has 0 spiro atoms. The first-order valence-electron chi connectivity index (χ1n) is 5.89. The van der Waals surface area contributed by atoms with E-state index >= 15 is 0 Å². The number of carbonyl (C=O) groups is 3. The molecule has 0 bridgehead atoms. The van der Waals surface area contributed by atoms with Crippen LogP contribution in [-0.2, 0) is 19.1 Å². The first kappa shape index (κ1) is 14.5. The molecule has 0 saturated heterocycles. The lowest BCUT2D eigenvalue weighted by Crippen LogP contribution is -2.28. The minimum Gasteiger partial charge on any atom is -0.481 e. The topological polar surface area (TPSA) is 92.7 Å². The number of methoxy groups -OCH3 is 1. The molecule has 2 atom stereocenters. The Morgan fingerprint density at radius 3 is 2.33 bits per heavy atom. The summed E-state index contributed by atoms with van der Waals surface area (Å²) < 4.78 is 4.47. The molecule has 6 heteroatoms. The SMILES string of the molecule is COC(=O)CCCNC(=O)C1C(C(=O)O)C1(C)C. The molecule has 0 aromatic carbocycles. The molecule has 1 fully saturated rings. The fraction of sp³-hybridized carbons (Fsp3) is 0.750. The molecule has 1 rings (SSSR count). The van der Waals surface area contributed by atoms with Crippen LogP contribution in [0.3, 0.4) is 0 Å². The van der Waals surface area contributed by atoms with E-state index in [1.807, 2.05) is 0 Å². The van der Waals surface area contributed by atoms with Crippen molar-refractivity contribution in [2.75, 3.05) is 13.7 Å². The molecule has 0 aromatic rings. The van der Waals surface area contributed by atoms with Crippen LogP contribution in [0.5, 0.6) is 0 Å². The van der Waals surface area contributed by atoms with E-state index < -0.39 is 23.2 Å². The maximum Gasteiger partial charge on any atom is 0.307 e. The fourth-order valence-electron chi connectivity index (χ4n) is 2.24. The number of hydrogen-bond donors (Lipinski definition) is 2. The van der Waals surface area contributed by atoms with Gasteiger partial charge in [-0.05, 0) is 11.8 Å². The Bertz CT molecular complexity index is 363. The molecule has 18 heavy (non-hydrogen) atoms. The van der Waals surface area contributed by atoms with Gasteiger partial charge < -0.3 is 15.2 Å². The minimum absolute atomic E-state index is 0.243. The number of carbonyl (C=O) groups excluding carboxylic acids is 2. The van der Waals surface area contributed by atoms with Crippen LogP contribution in [-0.4, -0.2) is 36.6 Å². The Morgan fingerprint density at radius 2 is 1.89 bits per heavy atom. The van der Waals surface area contributed by atoms with Gasteiger partial charge in [0, 0.05) is 13.0 Å². The summed E-state index contributed by atoms with van der Waals surface area (Å²) in [6, 6.07) is 0. The Morgan fingerprint density at radius 1 is 1.28 bits per heavy atom. The zero-order valence-electron chi connectivity index (χ0n) is 10.9. The third-order valence-electron chi connectivity index (χ3n) is 3.46. The van der Waals surface area contributed by atoms with Crippen LogP contribution in [0.15, 0.2) is 0 Å². The summed E-state index contributed by atoms with van der Waals surface area (Å²) in [6.07, 6.45) is 0.733. The standard InChI is InChI=1S/C12H19NO5/c1-12(2)8(9(12)11(16)17)10(15)13-6-4-5-7(14)18-3/h8-9H,4-6H2,1-3H3,(H,13,15)(H,16,17). The van der Waals surface area contributed by atoms with Crippen LogP contribution in [0, 0.1) is 17.3 Å². The molecule has 0 aromatic heterocycles. The molecule has 1 saturated carbocycles. The summed E-state index contributed by atoms with van der Waals surface area (Å²) >= 11 is 0. The largest absolute Gasteiger partial charge is 0.481 e. The Hall–Kier alpha value is -1.59. The van der Waals surface area contributed by atoms with Gasteiger partial charge in [0.2, 0.25) is 5.91 Å². The number of ether oxygens (including phenoxy) is 1. The number of carboxylic acids is 1. The van der Waals surface area contributed by atoms with E-state index in [1.165, 1.54) is 7.11 Å². The second-order valence-corrected chi connectivity index (χ2v) is 5.09. The fourth-order valence-corrected chi connectivity index (χ4v) is 2.24. The highest BCUT2D eigenvalue weighted by molar-refractivity contribution is 5.91. The highest BCUT2D eigenvalue weighted by Crippen LogP contribution is 2.58. The van der Waals surface area contributed by atoms with Crippen LogP contribution in [0.25, 0.3) is 0 Å². The van der Waals surface area contributed by atoms with Crippen LogP contribution >= 0.6 is 0 Å². The van der Waals surface area contributed by atoms with Crippen LogP contribution in [0.1, 0.15) is 26.7 Å². The molecule has 1 amide bonds. The summed E-state index contributed by atoms with van der Waals surface area (Å²) in [4.78, 5) is 33.5. The van der Waals surface area contributed by atoms with Crippen molar-refractivity contribution in [3.63, 3.8) is 0 Å². The molecule has 1 aliphatic carbocycles. The van der Waals surface area contributed by atoms with Crippen molar-refractivity contribution in [1.29, 1.82) is 0 Å². The van der Waals surface area contributed by atoms with Crippen LogP contribution in [0.4, 0.5) is 0 Å². The normalized spacial score (nSPS) is 24.2. The number of rotatable bonds is 6. The molecule has 2 N–H and O–H groups in total. The maximum absolute atomic E-state index is 11.8. The van der Waals surface area contributed by atoms with E-state index in [4.69, 9.17) is 5.11 Å². The Balaban J connectivity index is 2.31. The van der Waals surface area contributed by atoms with Gasteiger partial charge in [0.25, 0.3) is 0 Å². The van der Waals surface area contributed by atoms with Gasteiger partial charge in [-0.25, -0.2) is 0 Å². The Kier molecular flexibility index (Phi) is 4.32. The summed E-state index contributed by atoms with van der Waals surface area (Å²) in [6.45, 7) is 3.89. The number of hydrogen-bond acceptors (Lipinski definition) is 4. The molecular formula is C12H19NO5. The van der Waals surface area contributed by atoms with Gasteiger partial charge in [-0.1, -0.05) is 13.8 Å². The average molecular weight is 257 g/mol. The molecule has 2 unspecified atom stereocenters. The number of nitrogens with one attached hydrogen (secondary N) is 1. The lowest BCUT2D eigenvalue weighted by Gasteiger charge is -2.05. The van der Waals surface area contributed by atoms with Crippen molar-refractivity contribution < 1.29 is 24.2 Å². The van der Waals surface area contributed by atoms with Crippen LogP contribution in [0.2, 0.25) is 0 Å². The zero-order valence-corrected chi connectivity index (χ0v) is 10.9. The molecule has 0 heterocycles. The van der Waals surface area contributed by atoms with Crippen molar-refractivity contribution in [3.05, 3.63) is 0 Å². The van der Waals surface area contributed by atoms with E-state index in [-0.39, 0.29) is 18.3 Å². The molecule has 0 radical (unpaired) electrons. The lowest BCUT2D eigenvalue weighted by molar-refractivity contribution is -0.141. The van der Waals surface area contributed by atoms with Crippen molar-refractivity contribution in [1.82, 2.24) is 5.32 Å². The first-order chi connectivity index (χ1) is 8.32. The summed E-state index contributed by atoms with van der Waals surface area (Å²) in [5.41, 5.74) is -0.488. The Labute approximate surface area is 106 Å². The lowest BCUT2D eigenvalue weighted by atomic mass is 10.1. The van der Waals surface area contributed by atoms with Gasteiger partial charge in [0.1, 0.15) is 0 Å². The van der Waals surface area contributed by atoms with E-state index in [0.29, 0.717) is 13.0 Å². The number of amides is 1. The average Bonchev–Trinajstić information content (AvgIpc) is 2.87. The summed E-state index contributed by atoms with van der Waals surface area (Å²) in [7, 11) is 1.31. The van der Waals surface area contributed by atoms with Gasteiger partial charge in [-0.3, -0.25) is 14.4 Å². The van der Waals surface area contributed by atoms with Gasteiger partial charge in [0.05, 0.1) is 18.9 Å². The molecule has 1 aliphatic rings. The molecule has 102 valence electrons. The predicted octanol–water partition coefficient (Wildman–Crippen LogP) is 0.413. The molecule has 6 nitrogen and oxygen atoms in total. The van der Waals surface area contributed by atoms with Crippen molar-refractivity contribution in [3.8, 4) is 0 Å². The highest BCUT2D eigenvalue weighted by Gasteiger charge is 2.65. The predicted molar refractivity (Wildman–Crippen MR) is 62.7 cm³/mol. The number of aliphatic carboxylic acids is 1. The van der Waals surface area contributed by atoms with E-state index in [9.17, 15) is 14.4 Å². The van der Waals surface area contributed by atoms with Gasteiger partial charge >= 0.3 is 11.9 Å². The quantitative estimate of drug-likeness (QED) is 0.531. The molecular weight excluding hydrogens is 238 g/mol. The monoisotopic (exact) mass is 257 g/mol.